The number of aromatic nitrogens is 2. The highest BCUT2D eigenvalue weighted by Crippen LogP contribution is 2.24. The van der Waals surface area contributed by atoms with Gasteiger partial charge in [0.05, 0.1) is 17.9 Å². The second kappa shape index (κ2) is 7.12. The highest BCUT2D eigenvalue weighted by atomic mass is 32.2. The van der Waals surface area contributed by atoms with E-state index >= 15 is 0 Å². The Bertz CT molecular complexity index is 929. The number of halogens is 2. The molecule has 2 heterocycles. The first-order valence-corrected chi connectivity index (χ1v) is 9.45. The zero-order chi connectivity index (χ0) is 18.9. The van der Waals surface area contributed by atoms with E-state index in [1.54, 1.807) is 7.05 Å². The summed E-state index contributed by atoms with van der Waals surface area (Å²) in [5.41, 5.74) is -0.138. The number of benzene rings is 1. The summed E-state index contributed by atoms with van der Waals surface area (Å²) in [7, 11) is -2.13. The van der Waals surface area contributed by atoms with Crippen LogP contribution in [0.25, 0.3) is 0 Å². The van der Waals surface area contributed by atoms with Gasteiger partial charge in [-0.15, -0.1) is 0 Å². The predicted molar refractivity (Wildman–Crippen MR) is 89.7 cm³/mol. The van der Waals surface area contributed by atoms with Crippen LogP contribution in [0.2, 0.25) is 0 Å². The molecule has 1 aliphatic heterocycles. The molecule has 0 radical (unpaired) electrons. The highest BCUT2D eigenvalue weighted by Gasteiger charge is 2.34. The molecule has 1 saturated heterocycles. The summed E-state index contributed by atoms with van der Waals surface area (Å²) < 4.78 is 54.7. The molecule has 1 fully saturated rings. The van der Waals surface area contributed by atoms with E-state index in [1.165, 1.54) is 21.4 Å². The van der Waals surface area contributed by atoms with E-state index in [1.807, 2.05) is 0 Å². The van der Waals surface area contributed by atoms with E-state index in [4.69, 9.17) is 0 Å². The number of sulfonamides is 1. The first-order chi connectivity index (χ1) is 12.3. The first kappa shape index (κ1) is 18.5. The van der Waals surface area contributed by atoms with E-state index in [9.17, 15) is 22.0 Å². The number of amides is 1. The van der Waals surface area contributed by atoms with Gasteiger partial charge in [-0.25, -0.2) is 22.2 Å². The van der Waals surface area contributed by atoms with Crippen molar-refractivity contribution in [1.82, 2.24) is 13.9 Å². The Morgan fingerprint density at radius 1 is 1.35 bits per heavy atom. The van der Waals surface area contributed by atoms with Crippen LogP contribution in [0.5, 0.6) is 0 Å². The van der Waals surface area contributed by atoms with Crippen LogP contribution in [0.3, 0.4) is 0 Å². The Labute approximate surface area is 149 Å². The number of hydrogen-bond acceptors (Lipinski definition) is 4. The smallest absolute Gasteiger partial charge is 0.262 e. The number of rotatable bonds is 4. The molecule has 1 amide bonds. The molecule has 2 aromatic rings. The SMILES string of the molecule is Cn1cnc(S(=O)(=O)N2CCC[C@@H](C(=O)Nc3ccc(F)cc3F)C2)c1. The predicted octanol–water partition coefficient (Wildman–Crippen LogP) is 1.74. The number of aryl methyl sites for hydroxylation is 1. The third kappa shape index (κ3) is 3.75. The van der Waals surface area contributed by atoms with Crippen molar-refractivity contribution < 1.29 is 22.0 Å². The number of nitrogens with one attached hydrogen (secondary N) is 1. The molecule has 1 N–H and O–H groups in total. The van der Waals surface area contributed by atoms with E-state index in [2.05, 4.69) is 10.3 Å². The maximum atomic E-state index is 13.7. The molecule has 1 aromatic carbocycles. The fourth-order valence-electron chi connectivity index (χ4n) is 2.85. The number of anilines is 1. The minimum absolute atomic E-state index is 0.0203. The van der Waals surface area contributed by atoms with E-state index in [0.717, 1.165) is 12.1 Å². The lowest BCUT2D eigenvalue weighted by Gasteiger charge is -2.30. The van der Waals surface area contributed by atoms with Crippen LogP contribution in [0.4, 0.5) is 14.5 Å². The zero-order valence-corrected chi connectivity index (χ0v) is 14.8. The normalized spacial score (nSPS) is 18.7. The molecule has 140 valence electrons. The molecule has 1 aliphatic rings. The molecule has 3 rings (SSSR count). The van der Waals surface area contributed by atoms with Gasteiger partial charge in [0.1, 0.15) is 11.6 Å². The fourth-order valence-corrected chi connectivity index (χ4v) is 4.34. The van der Waals surface area contributed by atoms with Crippen LogP contribution in [-0.4, -0.2) is 41.3 Å². The number of carbonyl (C=O) groups is 1. The Hall–Kier alpha value is -2.33. The van der Waals surface area contributed by atoms with E-state index in [0.29, 0.717) is 18.9 Å². The van der Waals surface area contributed by atoms with Gasteiger partial charge in [0.2, 0.25) is 5.91 Å². The minimum Gasteiger partial charge on any atom is -0.339 e. The maximum Gasteiger partial charge on any atom is 0.262 e. The van der Waals surface area contributed by atoms with Crippen molar-refractivity contribution in [1.29, 1.82) is 0 Å². The minimum atomic E-state index is -3.80. The number of nitrogens with zero attached hydrogens (tertiary/aromatic N) is 3. The molecule has 0 unspecified atom stereocenters. The van der Waals surface area contributed by atoms with Gasteiger partial charge in [-0.2, -0.15) is 4.31 Å². The summed E-state index contributed by atoms with van der Waals surface area (Å²) in [6.45, 7) is 0.265. The topological polar surface area (TPSA) is 84.3 Å². The fraction of sp³-hybridized carbons (Fsp3) is 0.375. The number of carbonyl (C=O) groups excluding carboxylic acids is 1. The van der Waals surface area contributed by atoms with Gasteiger partial charge in [0.15, 0.2) is 5.03 Å². The van der Waals surface area contributed by atoms with Crippen LogP contribution in [0, 0.1) is 17.6 Å². The Balaban J connectivity index is 1.72. The van der Waals surface area contributed by atoms with Gasteiger partial charge in [-0.3, -0.25) is 4.79 Å². The van der Waals surface area contributed by atoms with Gasteiger partial charge < -0.3 is 9.88 Å². The Morgan fingerprint density at radius 2 is 2.12 bits per heavy atom. The van der Waals surface area contributed by atoms with Crippen molar-refractivity contribution in [3.63, 3.8) is 0 Å². The Kier molecular flexibility index (Phi) is 5.05. The van der Waals surface area contributed by atoms with Crippen molar-refractivity contribution in [3.8, 4) is 0 Å². The van der Waals surface area contributed by atoms with Crippen LogP contribution in [0.1, 0.15) is 12.8 Å². The largest absolute Gasteiger partial charge is 0.339 e. The van der Waals surface area contributed by atoms with Crippen LogP contribution in [0.15, 0.2) is 35.7 Å². The molecule has 10 heteroatoms. The standard InChI is InChI=1S/C16H18F2N4O3S/c1-21-9-15(19-10-21)26(24,25)22-6-2-3-11(8-22)16(23)20-14-5-4-12(17)7-13(14)18/h4-5,7,9-11H,2-3,6,8H2,1H3,(H,20,23)/t11-/m1/s1. The summed E-state index contributed by atoms with van der Waals surface area (Å²) in [4.78, 5) is 16.3. The average molecular weight is 384 g/mol. The summed E-state index contributed by atoms with van der Waals surface area (Å²) in [5, 5.41) is 2.32. The molecule has 1 aromatic heterocycles. The molecule has 0 aliphatic carbocycles. The molecule has 7 nitrogen and oxygen atoms in total. The van der Waals surface area contributed by atoms with Crippen molar-refractivity contribution in [2.24, 2.45) is 13.0 Å². The van der Waals surface area contributed by atoms with Gasteiger partial charge in [-0.05, 0) is 25.0 Å². The molecule has 0 saturated carbocycles. The molecule has 0 spiro atoms. The summed E-state index contributed by atoms with van der Waals surface area (Å²) in [5.74, 6) is -2.76. The van der Waals surface area contributed by atoms with E-state index in [-0.39, 0.29) is 23.8 Å². The van der Waals surface area contributed by atoms with Crippen molar-refractivity contribution in [2.75, 3.05) is 18.4 Å². The van der Waals surface area contributed by atoms with Gasteiger partial charge in [0, 0.05) is 32.4 Å². The highest BCUT2D eigenvalue weighted by molar-refractivity contribution is 7.89. The van der Waals surface area contributed by atoms with Gasteiger partial charge in [-0.1, -0.05) is 0 Å². The lowest BCUT2D eigenvalue weighted by atomic mass is 9.98. The van der Waals surface area contributed by atoms with Crippen LogP contribution >= 0.6 is 0 Å². The molecule has 0 bridgehead atoms. The van der Waals surface area contributed by atoms with Gasteiger partial charge >= 0.3 is 0 Å². The second-order valence-corrected chi connectivity index (χ2v) is 8.08. The van der Waals surface area contributed by atoms with Gasteiger partial charge in [0.25, 0.3) is 10.0 Å². The van der Waals surface area contributed by atoms with Crippen molar-refractivity contribution >= 4 is 21.6 Å². The zero-order valence-electron chi connectivity index (χ0n) is 14.0. The molecule has 1 atom stereocenters. The maximum absolute atomic E-state index is 13.7. The Morgan fingerprint density at radius 3 is 2.77 bits per heavy atom. The third-order valence-electron chi connectivity index (χ3n) is 4.23. The summed E-state index contributed by atoms with van der Waals surface area (Å²) in [6, 6.07) is 2.85. The lowest BCUT2D eigenvalue weighted by Crippen LogP contribution is -2.43. The van der Waals surface area contributed by atoms with Crippen LogP contribution < -0.4 is 5.32 Å². The van der Waals surface area contributed by atoms with Crippen molar-refractivity contribution in [3.05, 3.63) is 42.4 Å². The summed E-state index contributed by atoms with van der Waals surface area (Å²) >= 11 is 0. The molecule has 26 heavy (non-hydrogen) atoms. The quantitative estimate of drug-likeness (QED) is 0.870. The lowest BCUT2D eigenvalue weighted by molar-refractivity contribution is -0.120. The molecular formula is C16H18F2N4O3S. The monoisotopic (exact) mass is 384 g/mol. The number of hydrogen-bond donors (Lipinski definition) is 1. The third-order valence-corrected chi connectivity index (χ3v) is 5.98. The second-order valence-electron chi connectivity index (χ2n) is 6.19. The van der Waals surface area contributed by atoms with E-state index < -0.39 is 33.5 Å². The number of piperidine rings is 1. The summed E-state index contributed by atoms with van der Waals surface area (Å²) in [6.07, 6.45) is 3.75. The van der Waals surface area contributed by atoms with Crippen LogP contribution in [-0.2, 0) is 21.9 Å². The average Bonchev–Trinajstić information content (AvgIpc) is 3.05. The molecular weight excluding hydrogens is 366 g/mol. The number of imidazole rings is 1. The van der Waals surface area contributed by atoms with Crippen molar-refractivity contribution in [2.45, 2.75) is 17.9 Å². The first-order valence-electron chi connectivity index (χ1n) is 8.01.